The number of benzene rings is 1. The predicted octanol–water partition coefficient (Wildman–Crippen LogP) is 1.60. The SMILES string of the molecule is CC(COC(=O)c1ccc(O)cc1)OC(=O)C(NC(=O)[C@H](N)C(C)C)C(C)C. The summed E-state index contributed by atoms with van der Waals surface area (Å²) in [5, 5.41) is 11.9. The third kappa shape index (κ3) is 7.19. The molecule has 1 aromatic carbocycles. The number of nitrogens with one attached hydrogen (secondary N) is 1. The Morgan fingerprint density at radius 3 is 2.11 bits per heavy atom. The number of phenolic OH excluding ortho intramolecular Hbond substituents is 1. The van der Waals surface area contributed by atoms with Crippen molar-refractivity contribution in [1.82, 2.24) is 5.32 Å². The van der Waals surface area contributed by atoms with Crippen LogP contribution < -0.4 is 11.1 Å². The molecule has 28 heavy (non-hydrogen) atoms. The molecular weight excluding hydrogens is 364 g/mol. The third-order valence-electron chi connectivity index (χ3n) is 4.11. The highest BCUT2D eigenvalue weighted by atomic mass is 16.6. The van der Waals surface area contributed by atoms with Crippen LogP contribution >= 0.6 is 0 Å². The molecule has 8 nitrogen and oxygen atoms in total. The topological polar surface area (TPSA) is 128 Å². The van der Waals surface area contributed by atoms with Gasteiger partial charge in [0.25, 0.3) is 0 Å². The summed E-state index contributed by atoms with van der Waals surface area (Å²) in [6.45, 7) is 8.64. The van der Waals surface area contributed by atoms with Gasteiger partial charge >= 0.3 is 11.9 Å². The van der Waals surface area contributed by atoms with E-state index >= 15 is 0 Å². The van der Waals surface area contributed by atoms with Crippen molar-refractivity contribution in [3.8, 4) is 5.75 Å². The smallest absolute Gasteiger partial charge is 0.338 e. The van der Waals surface area contributed by atoms with Gasteiger partial charge in [0, 0.05) is 0 Å². The summed E-state index contributed by atoms with van der Waals surface area (Å²) in [7, 11) is 0. The van der Waals surface area contributed by atoms with Gasteiger partial charge in [-0.1, -0.05) is 27.7 Å². The number of aromatic hydroxyl groups is 1. The zero-order chi connectivity index (χ0) is 21.4. The summed E-state index contributed by atoms with van der Waals surface area (Å²) in [6.07, 6.45) is -0.703. The van der Waals surface area contributed by atoms with Crippen LogP contribution in [0.3, 0.4) is 0 Å². The molecule has 4 N–H and O–H groups in total. The molecule has 0 spiro atoms. The second-order valence-electron chi connectivity index (χ2n) is 7.39. The van der Waals surface area contributed by atoms with Gasteiger partial charge in [-0.25, -0.2) is 9.59 Å². The Morgan fingerprint density at radius 2 is 1.61 bits per heavy atom. The number of amides is 1. The second kappa shape index (κ2) is 10.7. The monoisotopic (exact) mass is 394 g/mol. The molecule has 0 aliphatic carbocycles. The van der Waals surface area contributed by atoms with Crippen molar-refractivity contribution < 1.29 is 29.0 Å². The van der Waals surface area contributed by atoms with Crippen molar-refractivity contribution in [1.29, 1.82) is 0 Å². The van der Waals surface area contributed by atoms with Gasteiger partial charge in [0.15, 0.2) is 0 Å². The Morgan fingerprint density at radius 1 is 1.04 bits per heavy atom. The molecule has 0 fully saturated rings. The van der Waals surface area contributed by atoms with Crippen molar-refractivity contribution in [2.24, 2.45) is 17.6 Å². The molecule has 0 aromatic heterocycles. The fourth-order valence-electron chi connectivity index (χ4n) is 2.23. The molecule has 8 heteroatoms. The predicted molar refractivity (Wildman–Crippen MR) is 104 cm³/mol. The summed E-state index contributed by atoms with van der Waals surface area (Å²) in [4.78, 5) is 36.5. The fourth-order valence-corrected chi connectivity index (χ4v) is 2.23. The Hall–Kier alpha value is -2.61. The van der Waals surface area contributed by atoms with E-state index in [2.05, 4.69) is 5.32 Å². The zero-order valence-corrected chi connectivity index (χ0v) is 17.0. The van der Waals surface area contributed by atoms with Crippen LogP contribution in [0.1, 0.15) is 45.0 Å². The number of carbonyl (C=O) groups excluding carboxylic acids is 3. The van der Waals surface area contributed by atoms with E-state index in [9.17, 15) is 19.5 Å². The van der Waals surface area contributed by atoms with Crippen LogP contribution in [0.2, 0.25) is 0 Å². The third-order valence-corrected chi connectivity index (χ3v) is 4.11. The highest BCUT2D eigenvalue weighted by molar-refractivity contribution is 5.89. The average molecular weight is 394 g/mol. The van der Waals surface area contributed by atoms with E-state index in [1.165, 1.54) is 24.3 Å². The largest absolute Gasteiger partial charge is 0.508 e. The lowest BCUT2D eigenvalue weighted by Gasteiger charge is -2.25. The maximum Gasteiger partial charge on any atom is 0.338 e. The van der Waals surface area contributed by atoms with Gasteiger partial charge in [0.2, 0.25) is 5.91 Å². The van der Waals surface area contributed by atoms with Crippen LogP contribution in [0.4, 0.5) is 0 Å². The quantitative estimate of drug-likeness (QED) is 0.543. The molecule has 1 amide bonds. The molecule has 3 atom stereocenters. The minimum absolute atomic E-state index is 0.0396. The van der Waals surface area contributed by atoms with Crippen molar-refractivity contribution >= 4 is 17.8 Å². The van der Waals surface area contributed by atoms with Gasteiger partial charge in [0.05, 0.1) is 11.6 Å². The molecule has 1 rings (SSSR count). The Labute approximate surface area is 165 Å². The van der Waals surface area contributed by atoms with Crippen LogP contribution in [0.5, 0.6) is 5.75 Å². The summed E-state index contributed by atoms with van der Waals surface area (Å²) in [5.74, 6) is -1.87. The van der Waals surface area contributed by atoms with E-state index in [0.29, 0.717) is 0 Å². The summed E-state index contributed by atoms with van der Waals surface area (Å²) in [5.41, 5.74) is 6.09. The number of phenols is 1. The normalized spacial score (nSPS) is 14.3. The Bertz CT molecular complexity index is 672. The maximum atomic E-state index is 12.4. The summed E-state index contributed by atoms with van der Waals surface area (Å²) >= 11 is 0. The lowest BCUT2D eigenvalue weighted by atomic mass is 10.0. The van der Waals surface area contributed by atoms with Crippen molar-refractivity contribution in [3.05, 3.63) is 29.8 Å². The first-order valence-electron chi connectivity index (χ1n) is 9.25. The molecular formula is C20H30N2O6. The first-order valence-corrected chi connectivity index (χ1v) is 9.25. The first-order chi connectivity index (χ1) is 13.0. The number of hydrogen-bond acceptors (Lipinski definition) is 7. The van der Waals surface area contributed by atoms with E-state index in [0.717, 1.165) is 0 Å². The molecule has 0 bridgehead atoms. The van der Waals surface area contributed by atoms with E-state index in [-0.39, 0.29) is 29.8 Å². The number of carbonyl (C=O) groups is 3. The Balaban J connectivity index is 2.58. The first kappa shape index (κ1) is 23.4. The fraction of sp³-hybridized carbons (Fsp3) is 0.550. The molecule has 0 saturated carbocycles. The van der Waals surface area contributed by atoms with E-state index in [4.69, 9.17) is 15.2 Å². The number of hydrogen-bond donors (Lipinski definition) is 3. The van der Waals surface area contributed by atoms with Crippen molar-refractivity contribution in [2.75, 3.05) is 6.61 Å². The highest BCUT2D eigenvalue weighted by Crippen LogP contribution is 2.12. The molecule has 156 valence electrons. The molecule has 0 radical (unpaired) electrons. The maximum absolute atomic E-state index is 12.4. The lowest BCUT2D eigenvalue weighted by molar-refractivity contribution is -0.155. The number of ether oxygens (including phenoxy) is 2. The molecule has 0 aliphatic rings. The lowest BCUT2D eigenvalue weighted by Crippen LogP contribution is -2.53. The summed E-state index contributed by atoms with van der Waals surface area (Å²) < 4.78 is 10.4. The Kier molecular flexibility index (Phi) is 8.91. The molecule has 1 aromatic rings. The molecule has 2 unspecified atom stereocenters. The second-order valence-corrected chi connectivity index (χ2v) is 7.39. The summed E-state index contributed by atoms with van der Waals surface area (Å²) in [6, 6.07) is 4.02. The van der Waals surface area contributed by atoms with Gasteiger partial charge in [-0.3, -0.25) is 4.79 Å². The van der Waals surface area contributed by atoms with Gasteiger partial charge in [-0.2, -0.15) is 0 Å². The van der Waals surface area contributed by atoms with Crippen molar-refractivity contribution in [3.63, 3.8) is 0 Å². The van der Waals surface area contributed by atoms with Crippen LogP contribution in [0.25, 0.3) is 0 Å². The van der Waals surface area contributed by atoms with Gasteiger partial charge in [0.1, 0.15) is 24.5 Å². The van der Waals surface area contributed by atoms with Crippen LogP contribution in [-0.2, 0) is 19.1 Å². The van der Waals surface area contributed by atoms with E-state index < -0.39 is 36.0 Å². The number of rotatable bonds is 9. The van der Waals surface area contributed by atoms with Gasteiger partial charge in [-0.05, 0) is 43.0 Å². The van der Waals surface area contributed by atoms with Gasteiger partial charge in [-0.15, -0.1) is 0 Å². The standard InChI is InChI=1S/C20H30N2O6/c1-11(2)16(21)18(24)22-17(12(3)4)20(26)28-13(5)10-27-19(25)14-6-8-15(23)9-7-14/h6-9,11-13,16-17,23H,10,21H2,1-5H3,(H,22,24)/t13?,16-,17?/m1/s1. The van der Waals surface area contributed by atoms with Gasteiger partial charge < -0.3 is 25.6 Å². The minimum Gasteiger partial charge on any atom is -0.508 e. The number of nitrogens with two attached hydrogens (primary N) is 1. The average Bonchev–Trinajstić information content (AvgIpc) is 2.63. The van der Waals surface area contributed by atoms with Crippen LogP contribution in [0.15, 0.2) is 24.3 Å². The van der Waals surface area contributed by atoms with Crippen molar-refractivity contribution in [2.45, 2.75) is 52.8 Å². The van der Waals surface area contributed by atoms with Crippen LogP contribution in [-0.4, -0.2) is 47.7 Å². The van der Waals surface area contributed by atoms with E-state index in [1.54, 1.807) is 20.8 Å². The molecule has 0 aliphatic heterocycles. The molecule has 0 heterocycles. The van der Waals surface area contributed by atoms with E-state index in [1.807, 2.05) is 13.8 Å². The zero-order valence-electron chi connectivity index (χ0n) is 17.0. The minimum atomic E-state index is -0.854. The molecule has 0 saturated heterocycles. The highest BCUT2D eigenvalue weighted by Gasteiger charge is 2.29. The van der Waals surface area contributed by atoms with Crippen LogP contribution in [0, 0.1) is 11.8 Å². The number of esters is 2.